The third kappa shape index (κ3) is 3.96. The molecule has 3 aromatic carbocycles. The Morgan fingerprint density at radius 3 is 2.47 bits per heavy atom. The fraction of sp³-hybridized carbons (Fsp3) is 0.179. The minimum atomic E-state index is -0.547. The normalized spacial score (nSPS) is 14.6. The summed E-state index contributed by atoms with van der Waals surface area (Å²) in [5, 5.41) is 17.7. The van der Waals surface area contributed by atoms with E-state index in [9.17, 15) is 14.7 Å². The highest BCUT2D eigenvalue weighted by Crippen LogP contribution is 2.46. The Kier molecular flexibility index (Phi) is 6.16. The summed E-state index contributed by atoms with van der Waals surface area (Å²) >= 11 is 0. The number of phenols is 1. The average molecular weight is 484 g/mol. The number of aromatic amines is 1. The standard InChI is InChI=1S/C28H25N3O5/c1-3-35-22-16-19(12-15-21(22)32)26-23-24(17-8-6-5-7-9-17)29-30-25(23)27(33)31(26)20-13-10-18(11-14-20)28(34)36-4-2/h5-16,26,32H,3-4H2,1-2H3,(H,29,30)/t26-/m0/s1. The second-order valence-electron chi connectivity index (χ2n) is 8.23. The van der Waals surface area contributed by atoms with Gasteiger partial charge in [0.15, 0.2) is 11.5 Å². The number of aromatic hydroxyl groups is 1. The zero-order chi connectivity index (χ0) is 25.2. The van der Waals surface area contributed by atoms with Gasteiger partial charge in [-0.25, -0.2) is 4.79 Å². The van der Waals surface area contributed by atoms with Crippen molar-refractivity contribution in [1.29, 1.82) is 0 Å². The van der Waals surface area contributed by atoms with Gasteiger partial charge in [0.05, 0.1) is 30.5 Å². The van der Waals surface area contributed by atoms with Crippen LogP contribution in [0.1, 0.15) is 51.9 Å². The molecular weight excluding hydrogens is 458 g/mol. The minimum absolute atomic E-state index is 0.0194. The highest BCUT2D eigenvalue weighted by atomic mass is 16.5. The van der Waals surface area contributed by atoms with Gasteiger partial charge in [-0.05, 0) is 55.8 Å². The number of carbonyl (C=O) groups is 2. The van der Waals surface area contributed by atoms with Gasteiger partial charge in [-0.15, -0.1) is 0 Å². The van der Waals surface area contributed by atoms with Crippen LogP contribution in [0.4, 0.5) is 5.69 Å². The first-order valence-corrected chi connectivity index (χ1v) is 11.7. The van der Waals surface area contributed by atoms with Crippen molar-refractivity contribution in [1.82, 2.24) is 10.2 Å². The molecule has 2 N–H and O–H groups in total. The van der Waals surface area contributed by atoms with Gasteiger partial charge >= 0.3 is 5.97 Å². The summed E-state index contributed by atoms with van der Waals surface area (Å²) in [7, 11) is 0. The Morgan fingerprint density at radius 1 is 1.03 bits per heavy atom. The number of phenolic OH excluding ortho intramolecular Hbond substituents is 1. The van der Waals surface area contributed by atoms with E-state index in [0.29, 0.717) is 35.0 Å². The van der Waals surface area contributed by atoms with Crippen LogP contribution in [0.3, 0.4) is 0 Å². The number of anilines is 1. The summed E-state index contributed by atoms with van der Waals surface area (Å²) in [6.45, 7) is 4.25. The van der Waals surface area contributed by atoms with E-state index >= 15 is 0 Å². The Hall–Kier alpha value is -4.59. The van der Waals surface area contributed by atoms with Crippen molar-refractivity contribution in [3.8, 4) is 22.8 Å². The lowest BCUT2D eigenvalue weighted by atomic mass is 9.95. The average Bonchev–Trinajstić information content (AvgIpc) is 3.45. The molecule has 5 rings (SSSR count). The Morgan fingerprint density at radius 2 is 1.78 bits per heavy atom. The van der Waals surface area contributed by atoms with Crippen molar-refractivity contribution in [2.75, 3.05) is 18.1 Å². The molecule has 0 spiro atoms. The zero-order valence-electron chi connectivity index (χ0n) is 19.9. The number of fused-ring (bicyclic) bond motifs is 1. The fourth-order valence-corrected chi connectivity index (χ4v) is 4.49. The topological polar surface area (TPSA) is 105 Å². The second kappa shape index (κ2) is 9.58. The molecule has 8 heteroatoms. The SMILES string of the molecule is CCOC(=O)c1ccc(N2C(=O)c3[nH]nc(-c4ccccc4)c3[C@@H]2c2ccc(O)c(OCC)c2)cc1. The van der Waals surface area contributed by atoms with Crippen LogP contribution in [0.25, 0.3) is 11.3 Å². The molecule has 0 bridgehead atoms. The van der Waals surface area contributed by atoms with E-state index in [4.69, 9.17) is 9.47 Å². The van der Waals surface area contributed by atoms with Crippen molar-refractivity contribution in [3.63, 3.8) is 0 Å². The highest BCUT2D eigenvalue weighted by Gasteiger charge is 2.43. The number of H-pyrrole nitrogens is 1. The van der Waals surface area contributed by atoms with Gasteiger partial charge in [-0.1, -0.05) is 36.4 Å². The van der Waals surface area contributed by atoms with E-state index in [1.807, 2.05) is 37.3 Å². The van der Waals surface area contributed by atoms with E-state index in [1.165, 1.54) is 0 Å². The fourth-order valence-electron chi connectivity index (χ4n) is 4.49. The van der Waals surface area contributed by atoms with Crippen molar-refractivity contribution < 1.29 is 24.2 Å². The highest BCUT2D eigenvalue weighted by molar-refractivity contribution is 6.12. The Balaban J connectivity index is 1.65. The first-order valence-electron chi connectivity index (χ1n) is 11.7. The maximum absolute atomic E-state index is 13.7. The van der Waals surface area contributed by atoms with E-state index in [2.05, 4.69) is 10.2 Å². The lowest BCUT2D eigenvalue weighted by Crippen LogP contribution is -2.29. The van der Waals surface area contributed by atoms with Crippen LogP contribution in [-0.2, 0) is 4.74 Å². The van der Waals surface area contributed by atoms with Crippen LogP contribution >= 0.6 is 0 Å². The van der Waals surface area contributed by atoms with E-state index in [0.717, 1.165) is 16.7 Å². The summed E-state index contributed by atoms with van der Waals surface area (Å²) < 4.78 is 10.7. The number of hydrogen-bond donors (Lipinski definition) is 2. The minimum Gasteiger partial charge on any atom is -0.504 e. The Labute approximate surface area is 208 Å². The molecule has 0 aliphatic carbocycles. The number of aromatic nitrogens is 2. The molecule has 8 nitrogen and oxygen atoms in total. The zero-order valence-corrected chi connectivity index (χ0v) is 19.9. The van der Waals surface area contributed by atoms with Gasteiger partial charge in [0.2, 0.25) is 0 Å². The number of benzene rings is 3. The van der Waals surface area contributed by atoms with Crippen LogP contribution in [-0.4, -0.2) is 40.4 Å². The molecule has 1 amide bonds. The number of nitrogens with zero attached hydrogens (tertiary/aromatic N) is 2. The number of carbonyl (C=O) groups excluding carboxylic acids is 2. The smallest absolute Gasteiger partial charge is 0.338 e. The van der Waals surface area contributed by atoms with Crippen molar-refractivity contribution in [2.45, 2.75) is 19.9 Å². The van der Waals surface area contributed by atoms with Crippen molar-refractivity contribution in [2.24, 2.45) is 0 Å². The maximum atomic E-state index is 13.7. The molecule has 0 fully saturated rings. The quantitative estimate of drug-likeness (QED) is 0.354. The van der Waals surface area contributed by atoms with Gasteiger partial charge < -0.3 is 14.6 Å². The number of ether oxygens (including phenoxy) is 2. The van der Waals surface area contributed by atoms with Crippen LogP contribution in [0.5, 0.6) is 11.5 Å². The summed E-state index contributed by atoms with van der Waals surface area (Å²) in [4.78, 5) is 27.5. The second-order valence-corrected chi connectivity index (χ2v) is 8.23. The molecule has 1 aliphatic rings. The molecule has 0 saturated carbocycles. The predicted molar refractivity (Wildman–Crippen MR) is 134 cm³/mol. The lowest BCUT2D eigenvalue weighted by molar-refractivity contribution is 0.0526. The number of rotatable bonds is 7. The van der Waals surface area contributed by atoms with Gasteiger partial charge in [0.25, 0.3) is 5.91 Å². The largest absolute Gasteiger partial charge is 0.504 e. The molecule has 36 heavy (non-hydrogen) atoms. The maximum Gasteiger partial charge on any atom is 0.338 e. The van der Waals surface area contributed by atoms with Crippen LogP contribution in [0.15, 0.2) is 72.8 Å². The van der Waals surface area contributed by atoms with Gasteiger partial charge in [-0.3, -0.25) is 14.8 Å². The van der Waals surface area contributed by atoms with Crippen molar-refractivity contribution in [3.05, 3.63) is 95.2 Å². The van der Waals surface area contributed by atoms with Crippen LogP contribution in [0, 0.1) is 0 Å². The number of hydrogen-bond acceptors (Lipinski definition) is 6. The summed E-state index contributed by atoms with van der Waals surface area (Å²) in [6, 6.07) is 20.9. The Bertz CT molecular complexity index is 1410. The molecule has 1 aliphatic heterocycles. The summed E-state index contributed by atoms with van der Waals surface area (Å²) in [5.41, 5.74) is 4.41. The molecule has 182 valence electrons. The molecule has 1 atom stereocenters. The van der Waals surface area contributed by atoms with E-state index < -0.39 is 12.0 Å². The third-order valence-electron chi connectivity index (χ3n) is 6.07. The van der Waals surface area contributed by atoms with Crippen LogP contribution in [0.2, 0.25) is 0 Å². The first-order chi connectivity index (χ1) is 17.5. The molecule has 2 heterocycles. The van der Waals surface area contributed by atoms with Crippen LogP contribution < -0.4 is 9.64 Å². The summed E-state index contributed by atoms with van der Waals surface area (Å²) in [6.07, 6.45) is 0. The number of esters is 1. The number of nitrogens with one attached hydrogen (secondary N) is 1. The summed E-state index contributed by atoms with van der Waals surface area (Å²) in [5.74, 6) is -0.321. The molecule has 1 aromatic heterocycles. The lowest BCUT2D eigenvalue weighted by Gasteiger charge is -2.27. The van der Waals surface area contributed by atoms with E-state index in [-0.39, 0.29) is 18.3 Å². The molecule has 0 unspecified atom stereocenters. The molecule has 0 radical (unpaired) electrons. The molecule has 4 aromatic rings. The van der Waals surface area contributed by atoms with Gasteiger partial charge in [-0.2, -0.15) is 5.10 Å². The first kappa shape index (κ1) is 23.2. The predicted octanol–water partition coefficient (Wildman–Crippen LogP) is 5.11. The monoisotopic (exact) mass is 483 g/mol. The third-order valence-corrected chi connectivity index (χ3v) is 6.07. The molecular formula is C28H25N3O5. The van der Waals surface area contributed by atoms with Gasteiger partial charge in [0.1, 0.15) is 5.69 Å². The van der Waals surface area contributed by atoms with Crippen molar-refractivity contribution >= 4 is 17.6 Å². The molecule has 0 saturated heterocycles. The number of amides is 1. The van der Waals surface area contributed by atoms with E-state index in [1.54, 1.807) is 54.3 Å². The van der Waals surface area contributed by atoms with Gasteiger partial charge in [0, 0.05) is 16.8 Å².